The minimum absolute atomic E-state index is 0.170. The Labute approximate surface area is 127 Å². The third-order valence-electron chi connectivity index (χ3n) is 4.03. The van der Waals surface area contributed by atoms with Crippen LogP contribution in [0.1, 0.15) is 24.3 Å². The van der Waals surface area contributed by atoms with Crippen molar-refractivity contribution in [2.45, 2.75) is 18.8 Å². The van der Waals surface area contributed by atoms with Gasteiger partial charge < -0.3 is 4.90 Å². The fraction of sp³-hybridized carbons (Fsp3) is 0.294. The largest absolute Gasteiger partial charge is 0.371 e. The zero-order valence-electron chi connectivity index (χ0n) is 11.2. The van der Waals surface area contributed by atoms with Crippen LogP contribution in [-0.4, -0.2) is 13.1 Å². The van der Waals surface area contributed by atoms with Gasteiger partial charge in [-0.15, -0.1) is 0 Å². The van der Waals surface area contributed by atoms with Crippen LogP contribution in [0.2, 0.25) is 0 Å². The Bertz CT molecular complexity index is 574. The van der Waals surface area contributed by atoms with E-state index >= 15 is 0 Å². The average molecular weight is 334 g/mol. The number of rotatable bonds is 2. The summed E-state index contributed by atoms with van der Waals surface area (Å²) in [6, 6.07) is 15.3. The molecule has 1 heterocycles. The molecule has 2 aromatic carbocycles. The summed E-state index contributed by atoms with van der Waals surface area (Å²) in [5.41, 5.74) is 2.53. The third kappa shape index (κ3) is 2.88. The maximum atomic E-state index is 13.0. The molecule has 0 N–H and O–H groups in total. The molecule has 0 unspecified atom stereocenters. The van der Waals surface area contributed by atoms with Gasteiger partial charge in [-0.1, -0.05) is 34.1 Å². The van der Waals surface area contributed by atoms with Crippen LogP contribution in [0, 0.1) is 5.82 Å². The summed E-state index contributed by atoms with van der Waals surface area (Å²) in [6.07, 6.45) is 2.28. The van der Waals surface area contributed by atoms with Crippen molar-refractivity contribution in [3.63, 3.8) is 0 Å². The van der Waals surface area contributed by atoms with E-state index < -0.39 is 0 Å². The third-order valence-corrected chi connectivity index (χ3v) is 4.75. The highest BCUT2D eigenvalue weighted by molar-refractivity contribution is 9.10. The van der Waals surface area contributed by atoms with Crippen molar-refractivity contribution in [3.05, 3.63) is 64.4 Å². The molecule has 0 bridgehead atoms. The molecule has 0 saturated carbocycles. The highest BCUT2D eigenvalue weighted by Gasteiger charge is 2.22. The van der Waals surface area contributed by atoms with E-state index in [9.17, 15) is 4.39 Å². The number of nitrogens with zero attached hydrogens (tertiary/aromatic N) is 1. The first-order valence-electron chi connectivity index (χ1n) is 6.99. The van der Waals surface area contributed by atoms with Gasteiger partial charge in [0.2, 0.25) is 0 Å². The van der Waals surface area contributed by atoms with Gasteiger partial charge in [0.05, 0.1) is 0 Å². The van der Waals surface area contributed by atoms with Crippen LogP contribution in [0.3, 0.4) is 0 Å². The Hall–Kier alpha value is -1.35. The zero-order valence-corrected chi connectivity index (χ0v) is 12.8. The molecule has 0 spiro atoms. The molecule has 3 rings (SSSR count). The van der Waals surface area contributed by atoms with E-state index in [0.29, 0.717) is 5.92 Å². The average Bonchev–Trinajstić information content (AvgIpc) is 2.49. The number of halogens is 2. The lowest BCUT2D eigenvalue weighted by atomic mass is 9.89. The molecule has 1 aliphatic heterocycles. The van der Waals surface area contributed by atoms with E-state index in [1.54, 1.807) is 0 Å². The van der Waals surface area contributed by atoms with Crippen molar-refractivity contribution in [2.75, 3.05) is 18.0 Å². The van der Waals surface area contributed by atoms with Gasteiger partial charge in [-0.3, -0.25) is 0 Å². The van der Waals surface area contributed by atoms with Gasteiger partial charge in [0.1, 0.15) is 5.82 Å². The van der Waals surface area contributed by atoms with Crippen LogP contribution in [0.25, 0.3) is 0 Å². The van der Waals surface area contributed by atoms with Gasteiger partial charge in [-0.05, 0) is 54.7 Å². The first-order chi connectivity index (χ1) is 9.74. The van der Waals surface area contributed by atoms with Gasteiger partial charge >= 0.3 is 0 Å². The topological polar surface area (TPSA) is 3.24 Å². The molecule has 3 heteroatoms. The highest BCUT2D eigenvalue weighted by Crippen LogP contribution is 2.34. The first-order valence-corrected chi connectivity index (χ1v) is 7.78. The normalized spacial score (nSPS) is 16.4. The lowest BCUT2D eigenvalue weighted by Gasteiger charge is -2.34. The predicted octanol–water partition coefficient (Wildman–Crippen LogP) is 4.97. The van der Waals surface area contributed by atoms with Gasteiger partial charge in [0.25, 0.3) is 0 Å². The second-order valence-electron chi connectivity index (χ2n) is 5.26. The number of benzene rings is 2. The summed E-state index contributed by atoms with van der Waals surface area (Å²) in [7, 11) is 0. The Morgan fingerprint density at radius 3 is 2.25 bits per heavy atom. The molecule has 20 heavy (non-hydrogen) atoms. The van der Waals surface area contributed by atoms with Crippen molar-refractivity contribution < 1.29 is 4.39 Å². The van der Waals surface area contributed by atoms with E-state index in [-0.39, 0.29) is 5.82 Å². The summed E-state index contributed by atoms with van der Waals surface area (Å²) >= 11 is 3.64. The summed E-state index contributed by atoms with van der Waals surface area (Å²) in [6.45, 7) is 2.05. The fourth-order valence-electron chi connectivity index (χ4n) is 2.91. The molecule has 104 valence electrons. The van der Waals surface area contributed by atoms with Crippen molar-refractivity contribution >= 4 is 21.6 Å². The molecular formula is C17H17BrFN. The molecule has 1 saturated heterocycles. The van der Waals surface area contributed by atoms with E-state index in [2.05, 4.69) is 45.1 Å². The molecule has 0 aromatic heterocycles. The fourth-order valence-corrected chi connectivity index (χ4v) is 3.52. The SMILES string of the molecule is Fc1ccc(N2CCC(c3ccccc3Br)CC2)cc1. The smallest absolute Gasteiger partial charge is 0.123 e. The monoisotopic (exact) mass is 333 g/mol. The van der Waals surface area contributed by atoms with Gasteiger partial charge in [0.15, 0.2) is 0 Å². The summed E-state index contributed by atoms with van der Waals surface area (Å²) in [5.74, 6) is 0.444. The van der Waals surface area contributed by atoms with Crippen LogP contribution >= 0.6 is 15.9 Å². The summed E-state index contributed by atoms with van der Waals surface area (Å²) in [5, 5.41) is 0. The Morgan fingerprint density at radius 2 is 1.60 bits per heavy atom. The number of hydrogen-bond acceptors (Lipinski definition) is 1. The second kappa shape index (κ2) is 5.96. The quantitative estimate of drug-likeness (QED) is 0.749. The molecule has 1 fully saturated rings. The number of hydrogen-bond donors (Lipinski definition) is 0. The molecule has 2 aromatic rings. The lowest BCUT2D eigenvalue weighted by Crippen LogP contribution is -2.32. The maximum Gasteiger partial charge on any atom is 0.123 e. The minimum Gasteiger partial charge on any atom is -0.371 e. The predicted molar refractivity (Wildman–Crippen MR) is 84.7 cm³/mol. The molecule has 1 nitrogen and oxygen atoms in total. The van der Waals surface area contributed by atoms with Gasteiger partial charge in [0, 0.05) is 23.2 Å². The van der Waals surface area contributed by atoms with Crippen LogP contribution < -0.4 is 4.90 Å². The van der Waals surface area contributed by atoms with Crippen molar-refractivity contribution in [1.29, 1.82) is 0 Å². The lowest BCUT2D eigenvalue weighted by molar-refractivity contribution is 0.504. The summed E-state index contributed by atoms with van der Waals surface area (Å²) in [4.78, 5) is 2.34. The van der Waals surface area contributed by atoms with E-state index in [0.717, 1.165) is 31.6 Å². The Morgan fingerprint density at radius 1 is 0.950 bits per heavy atom. The van der Waals surface area contributed by atoms with Crippen molar-refractivity contribution in [2.24, 2.45) is 0 Å². The molecule has 0 aliphatic carbocycles. The van der Waals surface area contributed by atoms with Crippen molar-refractivity contribution in [1.82, 2.24) is 0 Å². The highest BCUT2D eigenvalue weighted by atomic mass is 79.9. The van der Waals surface area contributed by atoms with Crippen LogP contribution in [-0.2, 0) is 0 Å². The molecule has 0 atom stereocenters. The molecule has 0 amide bonds. The van der Waals surface area contributed by atoms with E-state index in [1.165, 1.54) is 22.2 Å². The minimum atomic E-state index is -0.170. The standard InChI is InChI=1S/C17H17BrFN/c18-17-4-2-1-3-16(17)13-9-11-20(12-10-13)15-7-5-14(19)6-8-15/h1-8,13H,9-12H2. The zero-order chi connectivity index (χ0) is 13.9. The molecular weight excluding hydrogens is 317 g/mol. The Kier molecular flexibility index (Phi) is 4.06. The first kappa shape index (κ1) is 13.6. The molecule has 0 radical (unpaired) electrons. The van der Waals surface area contributed by atoms with Crippen LogP contribution in [0.4, 0.5) is 10.1 Å². The van der Waals surface area contributed by atoms with E-state index in [4.69, 9.17) is 0 Å². The maximum absolute atomic E-state index is 13.0. The van der Waals surface area contributed by atoms with E-state index in [1.807, 2.05) is 12.1 Å². The molecule has 1 aliphatic rings. The number of anilines is 1. The van der Waals surface area contributed by atoms with Crippen LogP contribution in [0.15, 0.2) is 53.0 Å². The number of piperidine rings is 1. The van der Waals surface area contributed by atoms with Gasteiger partial charge in [-0.25, -0.2) is 4.39 Å². The van der Waals surface area contributed by atoms with Gasteiger partial charge in [-0.2, -0.15) is 0 Å². The second-order valence-corrected chi connectivity index (χ2v) is 6.11. The Balaban J connectivity index is 1.68. The van der Waals surface area contributed by atoms with Crippen LogP contribution in [0.5, 0.6) is 0 Å². The van der Waals surface area contributed by atoms with Crippen molar-refractivity contribution in [3.8, 4) is 0 Å². The summed E-state index contributed by atoms with van der Waals surface area (Å²) < 4.78 is 14.2.